The SMILES string of the molecule is O=C(Nc1cccc2c1C(=O)NC2)c1cc(F)cc(N2CCOCC2)c1. The van der Waals surface area contributed by atoms with Crippen LogP contribution >= 0.6 is 0 Å². The Labute approximate surface area is 149 Å². The lowest BCUT2D eigenvalue weighted by atomic mass is 10.1. The minimum Gasteiger partial charge on any atom is -0.378 e. The highest BCUT2D eigenvalue weighted by atomic mass is 19.1. The summed E-state index contributed by atoms with van der Waals surface area (Å²) in [7, 11) is 0. The van der Waals surface area contributed by atoms with Crippen molar-refractivity contribution in [3.8, 4) is 0 Å². The fourth-order valence-electron chi connectivity index (χ4n) is 3.29. The number of amides is 2. The zero-order valence-corrected chi connectivity index (χ0v) is 14.0. The number of ether oxygens (including phenoxy) is 1. The second kappa shape index (κ2) is 6.76. The van der Waals surface area contributed by atoms with Crippen molar-refractivity contribution in [2.24, 2.45) is 0 Å². The second-order valence-corrected chi connectivity index (χ2v) is 6.27. The molecular weight excluding hydrogens is 337 g/mol. The van der Waals surface area contributed by atoms with Crippen molar-refractivity contribution in [1.82, 2.24) is 5.32 Å². The second-order valence-electron chi connectivity index (χ2n) is 6.27. The average Bonchev–Trinajstić information content (AvgIpc) is 3.04. The van der Waals surface area contributed by atoms with Crippen molar-refractivity contribution >= 4 is 23.2 Å². The highest BCUT2D eigenvalue weighted by Crippen LogP contribution is 2.26. The Bertz CT molecular complexity index is 878. The van der Waals surface area contributed by atoms with Crippen LogP contribution < -0.4 is 15.5 Å². The standard InChI is InChI=1S/C19H18FN3O3/c20-14-8-13(9-15(10-14)23-4-6-26-7-5-23)18(24)22-16-3-1-2-12-11-21-19(25)17(12)16/h1-3,8-10H,4-7,11H2,(H,21,25)(H,22,24). The summed E-state index contributed by atoms with van der Waals surface area (Å²) in [4.78, 5) is 26.6. The number of hydrogen-bond acceptors (Lipinski definition) is 4. The number of fused-ring (bicyclic) bond motifs is 1. The van der Waals surface area contributed by atoms with E-state index in [0.29, 0.717) is 49.8 Å². The average molecular weight is 355 g/mol. The van der Waals surface area contributed by atoms with Crippen molar-refractivity contribution < 1.29 is 18.7 Å². The predicted octanol–water partition coefficient (Wildman–Crippen LogP) is 2.16. The Kier molecular flexibility index (Phi) is 4.30. The molecule has 1 saturated heterocycles. The van der Waals surface area contributed by atoms with Crippen molar-refractivity contribution in [2.45, 2.75) is 6.54 Å². The Hall–Kier alpha value is -2.93. The third-order valence-electron chi connectivity index (χ3n) is 4.59. The molecule has 0 radical (unpaired) electrons. The maximum absolute atomic E-state index is 14.1. The van der Waals surface area contributed by atoms with E-state index < -0.39 is 11.7 Å². The van der Waals surface area contributed by atoms with Gasteiger partial charge in [-0.1, -0.05) is 12.1 Å². The van der Waals surface area contributed by atoms with Crippen LogP contribution in [0, 0.1) is 5.82 Å². The molecule has 4 rings (SSSR count). The zero-order chi connectivity index (χ0) is 18.1. The van der Waals surface area contributed by atoms with E-state index in [9.17, 15) is 14.0 Å². The molecule has 0 atom stereocenters. The van der Waals surface area contributed by atoms with Gasteiger partial charge in [-0.15, -0.1) is 0 Å². The minimum atomic E-state index is -0.477. The molecule has 0 aromatic heterocycles. The van der Waals surface area contributed by atoms with Gasteiger partial charge < -0.3 is 20.3 Å². The highest BCUT2D eigenvalue weighted by Gasteiger charge is 2.23. The fourth-order valence-corrected chi connectivity index (χ4v) is 3.29. The van der Waals surface area contributed by atoms with Gasteiger partial charge in [-0.05, 0) is 29.8 Å². The summed E-state index contributed by atoms with van der Waals surface area (Å²) in [6.07, 6.45) is 0. The molecule has 2 aromatic carbocycles. The number of carbonyl (C=O) groups excluding carboxylic acids is 2. The summed E-state index contributed by atoms with van der Waals surface area (Å²) in [6.45, 7) is 2.89. The first kappa shape index (κ1) is 16.5. The Morgan fingerprint density at radius 2 is 2.00 bits per heavy atom. The van der Waals surface area contributed by atoms with Crippen LogP contribution in [0.5, 0.6) is 0 Å². The summed E-state index contributed by atoms with van der Waals surface area (Å²) >= 11 is 0. The maximum Gasteiger partial charge on any atom is 0.255 e. The van der Waals surface area contributed by atoms with Gasteiger partial charge in [0.2, 0.25) is 0 Å². The number of carbonyl (C=O) groups is 2. The van der Waals surface area contributed by atoms with Crippen LogP contribution in [0.2, 0.25) is 0 Å². The molecule has 2 aromatic rings. The number of nitrogens with one attached hydrogen (secondary N) is 2. The van der Waals surface area contributed by atoms with Gasteiger partial charge >= 0.3 is 0 Å². The summed E-state index contributed by atoms with van der Waals surface area (Å²) in [5, 5.41) is 5.47. The van der Waals surface area contributed by atoms with Gasteiger partial charge in [0.05, 0.1) is 24.5 Å². The molecule has 0 bridgehead atoms. The molecule has 26 heavy (non-hydrogen) atoms. The van der Waals surface area contributed by atoms with Crippen LogP contribution in [-0.2, 0) is 11.3 Å². The normalized spacial score (nSPS) is 16.2. The third kappa shape index (κ3) is 3.13. The van der Waals surface area contributed by atoms with Gasteiger partial charge in [-0.25, -0.2) is 4.39 Å². The zero-order valence-electron chi connectivity index (χ0n) is 14.0. The van der Waals surface area contributed by atoms with Gasteiger partial charge in [0.25, 0.3) is 11.8 Å². The van der Waals surface area contributed by atoms with Crippen molar-refractivity contribution in [1.29, 1.82) is 0 Å². The van der Waals surface area contributed by atoms with Crippen molar-refractivity contribution in [3.63, 3.8) is 0 Å². The molecule has 0 saturated carbocycles. The molecule has 0 unspecified atom stereocenters. The van der Waals surface area contributed by atoms with E-state index in [0.717, 1.165) is 5.56 Å². The third-order valence-corrected chi connectivity index (χ3v) is 4.59. The maximum atomic E-state index is 14.1. The number of morpholine rings is 1. The molecule has 7 heteroatoms. The Morgan fingerprint density at radius 1 is 1.19 bits per heavy atom. The first-order chi connectivity index (χ1) is 12.6. The summed E-state index contributed by atoms with van der Waals surface area (Å²) < 4.78 is 19.4. The molecule has 6 nitrogen and oxygen atoms in total. The lowest BCUT2D eigenvalue weighted by Crippen LogP contribution is -2.36. The number of nitrogens with zero attached hydrogens (tertiary/aromatic N) is 1. The smallest absolute Gasteiger partial charge is 0.255 e. The number of benzene rings is 2. The molecule has 2 N–H and O–H groups in total. The molecule has 2 aliphatic rings. The molecule has 0 aliphatic carbocycles. The minimum absolute atomic E-state index is 0.211. The van der Waals surface area contributed by atoms with E-state index in [1.165, 1.54) is 12.1 Å². The van der Waals surface area contributed by atoms with Crippen LogP contribution in [0.25, 0.3) is 0 Å². The molecule has 134 valence electrons. The largest absolute Gasteiger partial charge is 0.378 e. The van der Waals surface area contributed by atoms with Crippen LogP contribution in [0.3, 0.4) is 0 Å². The number of anilines is 2. The summed E-state index contributed by atoms with van der Waals surface area (Å²) in [5.41, 5.74) is 2.59. The molecule has 0 spiro atoms. The summed E-state index contributed by atoms with van der Waals surface area (Å²) in [6, 6.07) is 9.55. The van der Waals surface area contributed by atoms with E-state index in [4.69, 9.17) is 4.74 Å². The topological polar surface area (TPSA) is 70.7 Å². The van der Waals surface area contributed by atoms with Gasteiger partial charge in [-0.3, -0.25) is 9.59 Å². The molecular formula is C19H18FN3O3. The van der Waals surface area contributed by atoms with Crippen LogP contribution in [0.4, 0.5) is 15.8 Å². The van der Waals surface area contributed by atoms with Crippen molar-refractivity contribution in [3.05, 3.63) is 58.9 Å². The molecule has 2 aliphatic heterocycles. The lowest BCUT2D eigenvalue weighted by molar-refractivity contribution is 0.0966. The van der Waals surface area contributed by atoms with Crippen LogP contribution in [0.1, 0.15) is 26.3 Å². The molecule has 2 heterocycles. The van der Waals surface area contributed by atoms with E-state index in [1.807, 2.05) is 11.0 Å². The number of halogens is 1. The summed E-state index contributed by atoms with van der Waals surface area (Å²) in [5.74, 6) is -1.15. The van der Waals surface area contributed by atoms with Gasteiger partial charge in [0, 0.05) is 30.9 Å². The molecule has 2 amide bonds. The van der Waals surface area contributed by atoms with Gasteiger partial charge in [0.15, 0.2) is 0 Å². The van der Waals surface area contributed by atoms with Crippen molar-refractivity contribution in [2.75, 3.05) is 36.5 Å². The van der Waals surface area contributed by atoms with Crippen LogP contribution in [-0.4, -0.2) is 38.1 Å². The van der Waals surface area contributed by atoms with E-state index in [2.05, 4.69) is 10.6 Å². The van der Waals surface area contributed by atoms with Crippen LogP contribution in [0.15, 0.2) is 36.4 Å². The lowest BCUT2D eigenvalue weighted by Gasteiger charge is -2.29. The van der Waals surface area contributed by atoms with E-state index >= 15 is 0 Å². The Balaban J connectivity index is 1.60. The van der Waals surface area contributed by atoms with Gasteiger partial charge in [-0.2, -0.15) is 0 Å². The predicted molar refractivity (Wildman–Crippen MR) is 95.0 cm³/mol. The fraction of sp³-hybridized carbons (Fsp3) is 0.263. The quantitative estimate of drug-likeness (QED) is 0.885. The highest BCUT2D eigenvalue weighted by molar-refractivity contribution is 6.10. The van der Waals surface area contributed by atoms with E-state index in [-0.39, 0.29) is 11.5 Å². The first-order valence-electron chi connectivity index (χ1n) is 8.46. The first-order valence-corrected chi connectivity index (χ1v) is 8.46. The Morgan fingerprint density at radius 3 is 2.81 bits per heavy atom. The number of rotatable bonds is 3. The monoisotopic (exact) mass is 355 g/mol. The molecule has 1 fully saturated rings. The van der Waals surface area contributed by atoms with Gasteiger partial charge in [0.1, 0.15) is 5.82 Å². The van der Waals surface area contributed by atoms with E-state index in [1.54, 1.807) is 18.2 Å². The number of hydrogen-bond donors (Lipinski definition) is 2.